The van der Waals surface area contributed by atoms with Gasteiger partial charge in [0.1, 0.15) is 6.61 Å². The summed E-state index contributed by atoms with van der Waals surface area (Å²) in [6.07, 6.45) is 43.7. The van der Waals surface area contributed by atoms with Gasteiger partial charge in [-0.25, -0.2) is 0 Å². The Morgan fingerprint density at radius 2 is 0.714 bits per heavy atom. The van der Waals surface area contributed by atoms with Crippen molar-refractivity contribution in [2.45, 2.75) is 272 Å². The zero-order chi connectivity index (χ0) is 46.1. The molecule has 0 rings (SSSR count). The van der Waals surface area contributed by atoms with Gasteiger partial charge in [0, 0.05) is 13.0 Å². The molecular formula is C55H108N2O6. The van der Waals surface area contributed by atoms with E-state index in [-0.39, 0.29) is 29.7 Å². The van der Waals surface area contributed by atoms with Crippen LogP contribution in [0.2, 0.25) is 0 Å². The van der Waals surface area contributed by atoms with Gasteiger partial charge in [-0.3, -0.25) is 19.3 Å². The van der Waals surface area contributed by atoms with Crippen LogP contribution in [0.15, 0.2) is 0 Å². The minimum absolute atomic E-state index is 0.0528. The van der Waals surface area contributed by atoms with E-state index in [0.29, 0.717) is 26.2 Å². The number of carbonyl (C=O) groups is 3. The minimum atomic E-state index is -0.0952. The summed E-state index contributed by atoms with van der Waals surface area (Å²) in [5.74, 6) is 0.183. The smallest absolute Gasteiger partial charge is 0.308 e. The molecule has 0 aromatic carbocycles. The van der Waals surface area contributed by atoms with Crippen molar-refractivity contribution in [3.8, 4) is 0 Å². The van der Waals surface area contributed by atoms with Crippen LogP contribution in [0.4, 0.5) is 0 Å². The molecule has 0 bridgehead atoms. The summed E-state index contributed by atoms with van der Waals surface area (Å²) in [4.78, 5) is 40.7. The Morgan fingerprint density at radius 1 is 0.381 bits per heavy atom. The maximum Gasteiger partial charge on any atom is 0.308 e. The number of ether oxygens (including phenoxy) is 3. The van der Waals surface area contributed by atoms with Crippen molar-refractivity contribution in [2.24, 2.45) is 11.8 Å². The van der Waals surface area contributed by atoms with E-state index < -0.39 is 0 Å². The van der Waals surface area contributed by atoms with Gasteiger partial charge in [0.05, 0.1) is 25.0 Å². The fraction of sp³-hybridized carbons (Fsp3) is 0.945. The number of nitrogens with one attached hydrogen (secondary N) is 1. The van der Waals surface area contributed by atoms with E-state index in [0.717, 1.165) is 122 Å². The molecule has 0 aromatic heterocycles. The van der Waals surface area contributed by atoms with Gasteiger partial charge in [0.25, 0.3) is 0 Å². The predicted molar refractivity (Wildman–Crippen MR) is 268 cm³/mol. The monoisotopic (exact) mass is 893 g/mol. The molecule has 2 unspecified atom stereocenters. The van der Waals surface area contributed by atoms with E-state index >= 15 is 0 Å². The first kappa shape index (κ1) is 61.3. The normalized spacial score (nSPS) is 12.5. The molecule has 0 heterocycles. The quantitative estimate of drug-likeness (QED) is 0.0367. The lowest BCUT2D eigenvalue weighted by Crippen LogP contribution is -2.30. The molecule has 1 N–H and O–H groups in total. The topological polar surface area (TPSA) is 94.2 Å². The van der Waals surface area contributed by atoms with E-state index in [4.69, 9.17) is 14.2 Å². The highest BCUT2D eigenvalue weighted by molar-refractivity contribution is 5.72. The fourth-order valence-electron chi connectivity index (χ4n) is 8.71. The summed E-state index contributed by atoms with van der Waals surface area (Å²) in [7, 11) is 1.91. The van der Waals surface area contributed by atoms with Crippen LogP contribution in [0.25, 0.3) is 0 Å². The van der Waals surface area contributed by atoms with Gasteiger partial charge in [-0.1, -0.05) is 207 Å². The number of hydrogen-bond acceptors (Lipinski definition) is 8. The summed E-state index contributed by atoms with van der Waals surface area (Å²) in [6.45, 7) is 14.3. The van der Waals surface area contributed by atoms with Gasteiger partial charge in [-0.15, -0.1) is 0 Å². The Labute approximate surface area is 392 Å². The summed E-state index contributed by atoms with van der Waals surface area (Å²) in [6, 6.07) is 0. The molecule has 0 aliphatic carbocycles. The predicted octanol–water partition coefficient (Wildman–Crippen LogP) is 15.3. The van der Waals surface area contributed by atoms with Crippen molar-refractivity contribution in [2.75, 3.05) is 53.0 Å². The molecular weight excluding hydrogens is 785 g/mol. The maximum atomic E-state index is 13.0. The van der Waals surface area contributed by atoms with Crippen molar-refractivity contribution in [1.29, 1.82) is 0 Å². The van der Waals surface area contributed by atoms with Gasteiger partial charge in [-0.2, -0.15) is 0 Å². The summed E-state index contributed by atoms with van der Waals surface area (Å²) in [5.41, 5.74) is 0. The van der Waals surface area contributed by atoms with Crippen molar-refractivity contribution in [3.63, 3.8) is 0 Å². The average Bonchev–Trinajstić information content (AvgIpc) is 3.28. The van der Waals surface area contributed by atoms with E-state index in [1.807, 2.05) is 7.05 Å². The Morgan fingerprint density at radius 3 is 1.10 bits per heavy atom. The highest BCUT2D eigenvalue weighted by atomic mass is 16.5. The number of rotatable bonds is 51. The lowest BCUT2D eigenvalue weighted by atomic mass is 9.94. The van der Waals surface area contributed by atoms with E-state index in [9.17, 15) is 14.4 Å². The third kappa shape index (κ3) is 42.7. The molecule has 0 saturated carbocycles. The largest absolute Gasteiger partial charge is 0.465 e. The molecule has 0 spiro atoms. The molecule has 0 aliphatic rings. The molecule has 63 heavy (non-hydrogen) atoms. The first-order chi connectivity index (χ1) is 30.9. The van der Waals surface area contributed by atoms with Crippen LogP contribution < -0.4 is 5.32 Å². The second-order valence-corrected chi connectivity index (χ2v) is 19.1. The molecule has 2 atom stereocenters. The molecule has 374 valence electrons. The van der Waals surface area contributed by atoms with Gasteiger partial charge in [0.15, 0.2) is 0 Å². The van der Waals surface area contributed by atoms with E-state index in [2.05, 4.69) is 37.9 Å². The molecule has 8 heteroatoms. The summed E-state index contributed by atoms with van der Waals surface area (Å²) < 4.78 is 17.3. The van der Waals surface area contributed by atoms with Crippen LogP contribution >= 0.6 is 0 Å². The fourth-order valence-corrected chi connectivity index (χ4v) is 8.71. The number of esters is 3. The zero-order valence-electron chi connectivity index (χ0n) is 42.9. The van der Waals surface area contributed by atoms with E-state index in [1.165, 1.54) is 141 Å². The highest BCUT2D eigenvalue weighted by Gasteiger charge is 2.20. The maximum absolute atomic E-state index is 13.0. The van der Waals surface area contributed by atoms with Crippen LogP contribution in [0, 0.1) is 11.8 Å². The lowest BCUT2D eigenvalue weighted by Gasteiger charge is -2.22. The third-order valence-electron chi connectivity index (χ3n) is 13.0. The van der Waals surface area contributed by atoms with Gasteiger partial charge in [0.2, 0.25) is 0 Å². The molecule has 0 fully saturated rings. The Kier molecular flexibility index (Phi) is 48.4. The van der Waals surface area contributed by atoms with Crippen molar-refractivity contribution >= 4 is 17.9 Å². The van der Waals surface area contributed by atoms with Crippen LogP contribution in [0.5, 0.6) is 0 Å². The minimum Gasteiger partial charge on any atom is -0.465 e. The van der Waals surface area contributed by atoms with Crippen LogP contribution in [-0.4, -0.2) is 75.9 Å². The molecule has 0 aliphatic heterocycles. The second-order valence-electron chi connectivity index (χ2n) is 19.1. The molecule has 0 radical (unpaired) electrons. The Balaban J connectivity index is 4.50. The van der Waals surface area contributed by atoms with Crippen LogP contribution in [-0.2, 0) is 28.6 Å². The first-order valence-electron chi connectivity index (χ1n) is 27.8. The number of hydrogen-bond donors (Lipinski definition) is 1. The molecule has 0 saturated heterocycles. The average molecular weight is 893 g/mol. The third-order valence-corrected chi connectivity index (χ3v) is 13.0. The van der Waals surface area contributed by atoms with Gasteiger partial charge < -0.3 is 19.5 Å². The number of nitrogens with zero attached hydrogens (tertiary/aromatic N) is 1. The lowest BCUT2D eigenvalue weighted by molar-refractivity contribution is -0.150. The Bertz CT molecular complexity index is 917. The van der Waals surface area contributed by atoms with E-state index in [1.54, 1.807) is 0 Å². The van der Waals surface area contributed by atoms with Gasteiger partial charge >= 0.3 is 17.9 Å². The standard InChI is InChI=1S/C55H108N2O6/c1-6-10-14-18-24-32-41-51(39-30-16-12-8-3)54(59)62-48-36-28-22-20-26-34-45-57(47-50-61-53(58)43-38-44-56-5)46-35-27-21-23-29-37-49-63-55(60)52(40-31-17-13-9-4)42-33-25-19-15-11-7-2/h51-52,56H,6-50H2,1-5H3. The zero-order valence-corrected chi connectivity index (χ0v) is 42.9. The Hall–Kier alpha value is -1.67. The van der Waals surface area contributed by atoms with Gasteiger partial charge in [-0.05, 0) is 84.5 Å². The van der Waals surface area contributed by atoms with Crippen LogP contribution in [0.3, 0.4) is 0 Å². The van der Waals surface area contributed by atoms with Crippen LogP contribution in [0.1, 0.15) is 272 Å². The highest BCUT2D eigenvalue weighted by Crippen LogP contribution is 2.22. The number of carbonyl (C=O) groups excluding carboxylic acids is 3. The summed E-state index contributed by atoms with van der Waals surface area (Å²) >= 11 is 0. The molecule has 0 amide bonds. The SMILES string of the molecule is CCCCCCCCC(CCCCCC)C(=O)OCCCCCCCCN(CCCCCCCCOC(=O)C(CCCCCC)CCCCCCCC)CCOC(=O)CCCNC. The van der Waals surface area contributed by atoms with Crippen molar-refractivity contribution in [1.82, 2.24) is 10.2 Å². The molecule has 0 aromatic rings. The molecule has 8 nitrogen and oxygen atoms in total. The summed E-state index contributed by atoms with van der Waals surface area (Å²) in [5, 5.41) is 3.10. The number of unbranched alkanes of at least 4 members (excludes halogenated alkanes) is 26. The first-order valence-corrected chi connectivity index (χ1v) is 27.8. The second kappa shape index (κ2) is 49.8. The van der Waals surface area contributed by atoms with Crippen molar-refractivity contribution in [3.05, 3.63) is 0 Å². The van der Waals surface area contributed by atoms with Crippen molar-refractivity contribution < 1.29 is 28.6 Å².